The first kappa shape index (κ1) is 32.3. The third kappa shape index (κ3) is 8.91. The van der Waals surface area contributed by atoms with Crippen LogP contribution in [0.2, 0.25) is 0 Å². The molecule has 0 heterocycles. The third-order valence-corrected chi connectivity index (χ3v) is 9.27. The first-order valence-electron chi connectivity index (χ1n) is 15.1. The second-order valence-corrected chi connectivity index (χ2v) is 15.1. The smallest absolute Gasteiger partial charge is 0.343 e. The van der Waals surface area contributed by atoms with Crippen LogP contribution in [-0.2, 0) is 25.7 Å². The van der Waals surface area contributed by atoms with Gasteiger partial charge in [-0.2, -0.15) is 8.42 Å². The van der Waals surface area contributed by atoms with Gasteiger partial charge in [-0.15, -0.1) is 0 Å². The topological polar surface area (TPSA) is 80.7 Å². The summed E-state index contributed by atoms with van der Waals surface area (Å²) in [7, 11) is -4.47. The number of benzene rings is 1. The quantitative estimate of drug-likeness (QED) is 0.153. The van der Waals surface area contributed by atoms with Crippen LogP contribution in [0.3, 0.4) is 0 Å². The van der Waals surface area contributed by atoms with E-state index in [4.69, 9.17) is 4.74 Å². The summed E-state index contributed by atoms with van der Waals surface area (Å²) >= 11 is 0. The highest BCUT2D eigenvalue weighted by Gasteiger charge is 2.30. The summed E-state index contributed by atoms with van der Waals surface area (Å²) in [6.45, 7) is 14.5. The average Bonchev–Trinajstić information content (AvgIpc) is 2.89. The third-order valence-electron chi connectivity index (χ3n) is 8.34. The van der Waals surface area contributed by atoms with Crippen LogP contribution in [0.4, 0.5) is 0 Å². The van der Waals surface area contributed by atoms with Gasteiger partial charge < -0.3 is 4.74 Å². The van der Waals surface area contributed by atoms with Gasteiger partial charge in [0.2, 0.25) is 0 Å². The van der Waals surface area contributed by atoms with E-state index in [0.717, 1.165) is 75.3 Å². The predicted octanol–water partition coefficient (Wildman–Crippen LogP) is 9.20. The zero-order valence-electron chi connectivity index (χ0n) is 25.7. The van der Waals surface area contributed by atoms with Crippen molar-refractivity contribution in [3.63, 3.8) is 0 Å². The van der Waals surface area contributed by atoms with E-state index in [9.17, 15) is 17.8 Å². The highest BCUT2D eigenvalue weighted by atomic mass is 32.2. The molecule has 0 amide bonds. The van der Waals surface area contributed by atoms with Crippen molar-refractivity contribution in [2.75, 3.05) is 0 Å². The van der Waals surface area contributed by atoms with E-state index in [1.54, 1.807) is 25.2 Å². The number of hydrogen-bond acceptors (Lipinski definition) is 4. The molecule has 0 unspecified atom stereocenters. The standard InChI is InChI=1S/C34H50O5S/c1-8-29(39-32(35)26-20-27(33(2,3)4)22-28(21-26)34(5,6)7)23-30(25-17-13-10-14-18-25)31(40(36,37)38)19-24-15-11-9-12-16-24/h8,19-25H,9-18H2,1-7H3,(H,36,37,38)/b29-8+,30-23-,31-19-. The van der Waals surface area contributed by atoms with Crippen LogP contribution in [-0.4, -0.2) is 18.9 Å². The molecule has 2 fully saturated rings. The molecule has 1 aromatic carbocycles. The Kier molecular flexibility index (Phi) is 10.7. The van der Waals surface area contributed by atoms with E-state index in [1.165, 1.54) is 0 Å². The lowest BCUT2D eigenvalue weighted by atomic mass is 9.79. The van der Waals surface area contributed by atoms with Crippen molar-refractivity contribution < 1.29 is 22.5 Å². The van der Waals surface area contributed by atoms with Gasteiger partial charge in [-0.1, -0.05) is 92.2 Å². The molecule has 0 saturated heterocycles. The molecule has 2 aliphatic rings. The highest BCUT2D eigenvalue weighted by molar-refractivity contribution is 7.90. The minimum absolute atomic E-state index is 0.00792. The summed E-state index contributed by atoms with van der Waals surface area (Å²) in [5, 5.41) is 0. The van der Waals surface area contributed by atoms with E-state index in [-0.39, 0.29) is 27.6 Å². The molecule has 1 N–H and O–H groups in total. The first-order valence-corrected chi connectivity index (χ1v) is 16.5. The molecular formula is C34H50O5S. The second-order valence-electron chi connectivity index (χ2n) is 13.7. The van der Waals surface area contributed by atoms with E-state index in [1.807, 2.05) is 12.1 Å². The van der Waals surface area contributed by atoms with Crippen LogP contribution < -0.4 is 0 Å². The SMILES string of the molecule is C\C=C(/C=C(\C(=C\C1CCCCC1)S(=O)(=O)O)C1CCCCC1)OC(=O)c1cc(C(C)(C)C)cc(C(C)(C)C)c1. The van der Waals surface area contributed by atoms with Crippen molar-refractivity contribution in [3.8, 4) is 0 Å². The van der Waals surface area contributed by atoms with Crippen LogP contribution in [0.15, 0.2) is 52.7 Å². The lowest BCUT2D eigenvalue weighted by Crippen LogP contribution is -2.19. The summed E-state index contributed by atoms with van der Waals surface area (Å²) in [5.74, 6) is -0.0862. The number of allylic oxidation sites excluding steroid dienone is 4. The zero-order chi connectivity index (χ0) is 29.7. The second kappa shape index (κ2) is 13.2. The number of carbonyl (C=O) groups is 1. The molecule has 40 heavy (non-hydrogen) atoms. The first-order chi connectivity index (χ1) is 18.6. The minimum Gasteiger partial charge on any atom is -0.423 e. The van der Waals surface area contributed by atoms with Gasteiger partial charge in [0.05, 0.1) is 10.5 Å². The van der Waals surface area contributed by atoms with E-state index >= 15 is 0 Å². The van der Waals surface area contributed by atoms with Gasteiger partial charge >= 0.3 is 5.97 Å². The van der Waals surface area contributed by atoms with Crippen LogP contribution in [0.1, 0.15) is 134 Å². The Morgan fingerprint density at radius 1 is 0.850 bits per heavy atom. The molecule has 2 aliphatic carbocycles. The summed E-state index contributed by atoms with van der Waals surface area (Å²) < 4.78 is 41.9. The van der Waals surface area contributed by atoms with Crippen molar-refractivity contribution in [1.29, 1.82) is 0 Å². The Hall–Kier alpha value is -2.18. The summed E-state index contributed by atoms with van der Waals surface area (Å²) in [6.07, 6.45) is 15.1. The summed E-state index contributed by atoms with van der Waals surface area (Å²) in [4.78, 5) is 13.5. The van der Waals surface area contributed by atoms with E-state index in [2.05, 4.69) is 47.6 Å². The highest BCUT2D eigenvalue weighted by Crippen LogP contribution is 2.38. The Morgan fingerprint density at radius 3 is 1.80 bits per heavy atom. The normalized spacial score (nSPS) is 19.6. The molecule has 0 radical (unpaired) electrons. The molecule has 0 spiro atoms. The Bertz CT molecular complexity index is 1210. The molecule has 5 nitrogen and oxygen atoms in total. The molecule has 222 valence electrons. The fraction of sp³-hybridized carbons (Fsp3) is 0.618. The Balaban J connectivity index is 2.04. The van der Waals surface area contributed by atoms with Crippen LogP contribution >= 0.6 is 0 Å². The van der Waals surface area contributed by atoms with Gasteiger partial charge in [-0.05, 0) is 96.3 Å². The maximum atomic E-state index is 13.5. The lowest BCUT2D eigenvalue weighted by molar-refractivity contribution is 0.0635. The molecule has 2 saturated carbocycles. The Morgan fingerprint density at radius 2 is 1.35 bits per heavy atom. The molecule has 0 aliphatic heterocycles. The largest absolute Gasteiger partial charge is 0.423 e. The van der Waals surface area contributed by atoms with Crippen LogP contribution in [0, 0.1) is 11.8 Å². The fourth-order valence-electron chi connectivity index (χ4n) is 5.75. The van der Waals surface area contributed by atoms with Gasteiger partial charge in [0.15, 0.2) is 0 Å². The van der Waals surface area contributed by atoms with Gasteiger partial charge in [0, 0.05) is 0 Å². The number of ether oxygens (including phenoxy) is 1. The molecule has 0 atom stereocenters. The van der Waals surface area contributed by atoms with Gasteiger partial charge in [-0.25, -0.2) is 4.79 Å². The summed E-state index contributed by atoms with van der Waals surface area (Å²) in [5.41, 5.74) is 2.84. The zero-order valence-corrected chi connectivity index (χ0v) is 26.5. The molecular weight excluding hydrogens is 520 g/mol. The van der Waals surface area contributed by atoms with Gasteiger partial charge in [0.1, 0.15) is 5.76 Å². The number of hydrogen-bond donors (Lipinski definition) is 1. The van der Waals surface area contributed by atoms with Crippen molar-refractivity contribution in [2.45, 2.75) is 124 Å². The van der Waals surface area contributed by atoms with Crippen molar-refractivity contribution in [1.82, 2.24) is 0 Å². The molecule has 0 aromatic heterocycles. The molecule has 0 bridgehead atoms. The minimum atomic E-state index is -4.47. The van der Waals surface area contributed by atoms with Crippen molar-refractivity contribution >= 4 is 16.1 Å². The maximum absolute atomic E-state index is 13.5. The molecule has 6 heteroatoms. The monoisotopic (exact) mass is 570 g/mol. The van der Waals surface area contributed by atoms with Crippen molar-refractivity contribution in [2.24, 2.45) is 11.8 Å². The summed E-state index contributed by atoms with van der Waals surface area (Å²) in [6, 6.07) is 5.94. The van der Waals surface area contributed by atoms with Crippen LogP contribution in [0.25, 0.3) is 0 Å². The van der Waals surface area contributed by atoms with E-state index < -0.39 is 16.1 Å². The van der Waals surface area contributed by atoms with Gasteiger partial charge in [-0.3, -0.25) is 4.55 Å². The van der Waals surface area contributed by atoms with Gasteiger partial charge in [0.25, 0.3) is 10.1 Å². The maximum Gasteiger partial charge on any atom is 0.343 e. The average molecular weight is 571 g/mol. The number of rotatable bonds is 7. The number of carbonyl (C=O) groups excluding carboxylic acids is 1. The van der Waals surface area contributed by atoms with E-state index in [0.29, 0.717) is 16.9 Å². The fourth-order valence-corrected chi connectivity index (χ4v) is 6.64. The van der Waals surface area contributed by atoms with Crippen LogP contribution in [0.5, 0.6) is 0 Å². The predicted molar refractivity (Wildman–Crippen MR) is 164 cm³/mol. The Labute approximate surface area is 242 Å². The molecule has 1 aromatic rings. The lowest BCUT2D eigenvalue weighted by Gasteiger charge is -2.27. The number of esters is 1. The van der Waals surface area contributed by atoms with Crippen molar-refractivity contribution in [3.05, 3.63) is 69.4 Å². The molecule has 3 rings (SSSR count).